The normalized spacial score (nSPS) is 11.1. The highest BCUT2D eigenvalue weighted by atomic mass is 32.2. The van der Waals surface area contributed by atoms with Crippen LogP contribution in [0.1, 0.15) is 15.9 Å². The fourth-order valence-corrected chi connectivity index (χ4v) is 3.10. The van der Waals surface area contributed by atoms with Crippen LogP contribution >= 0.6 is 0 Å². The highest BCUT2D eigenvalue weighted by Gasteiger charge is 2.19. The molecule has 11 nitrogen and oxygen atoms in total. The van der Waals surface area contributed by atoms with Gasteiger partial charge in [-0.3, -0.25) is 10.2 Å². The van der Waals surface area contributed by atoms with Crippen molar-refractivity contribution in [3.63, 3.8) is 0 Å². The molecular weight excluding hydrogens is 414 g/mol. The van der Waals surface area contributed by atoms with Crippen LogP contribution in [0.3, 0.4) is 0 Å². The number of carboxylic acid groups (broad SMARTS) is 1. The molecule has 2 aromatic carbocycles. The van der Waals surface area contributed by atoms with Crippen molar-refractivity contribution in [3.05, 3.63) is 59.7 Å². The van der Waals surface area contributed by atoms with Gasteiger partial charge in [0.2, 0.25) is 0 Å². The number of ether oxygens (including phenoxy) is 1. The summed E-state index contributed by atoms with van der Waals surface area (Å²) in [4.78, 5) is 22.8. The van der Waals surface area contributed by atoms with Crippen LogP contribution in [-0.2, 0) is 21.5 Å². The summed E-state index contributed by atoms with van der Waals surface area (Å²) in [7, 11) is -2.78. The average Bonchev–Trinajstić information content (AvgIpc) is 2.67. The Morgan fingerprint density at radius 2 is 1.73 bits per heavy atom. The van der Waals surface area contributed by atoms with Gasteiger partial charge in [-0.05, 0) is 42.0 Å². The Bertz CT molecular complexity index is 1020. The standard InChI is InChI=1S/C18H21N5O6S/c1-23(11-16(24)25)30(27,28)21-10-12-2-8-15(9-3-12)29-17(26)13-4-6-14(7-5-13)22-18(19)20/h2-9,21H,10-11H2,1H3,(H,24,25)(H4,19,20,22). The van der Waals surface area contributed by atoms with Crippen LogP contribution < -0.4 is 20.5 Å². The van der Waals surface area contributed by atoms with Gasteiger partial charge in [-0.15, -0.1) is 0 Å². The Morgan fingerprint density at radius 3 is 2.27 bits per heavy atom. The summed E-state index contributed by atoms with van der Waals surface area (Å²) < 4.78 is 32.1. The van der Waals surface area contributed by atoms with Crippen LogP contribution in [0.2, 0.25) is 0 Å². The molecule has 0 aliphatic carbocycles. The molecule has 30 heavy (non-hydrogen) atoms. The van der Waals surface area contributed by atoms with Crippen molar-refractivity contribution in [2.45, 2.75) is 6.54 Å². The number of benzene rings is 2. The van der Waals surface area contributed by atoms with Gasteiger partial charge < -0.3 is 20.9 Å². The number of nitrogens with two attached hydrogens (primary N) is 1. The molecule has 0 amide bonds. The minimum Gasteiger partial charge on any atom is -0.480 e. The average molecular weight is 435 g/mol. The van der Waals surface area contributed by atoms with Gasteiger partial charge in [0, 0.05) is 19.3 Å². The molecule has 12 heteroatoms. The Labute approximate surface area is 173 Å². The molecule has 0 aliphatic rings. The van der Waals surface area contributed by atoms with Crippen molar-refractivity contribution in [2.24, 2.45) is 5.73 Å². The maximum atomic E-state index is 12.2. The third-order valence-electron chi connectivity index (χ3n) is 3.76. The van der Waals surface area contributed by atoms with E-state index in [1.165, 1.54) is 24.3 Å². The first kappa shape index (κ1) is 22.8. The van der Waals surface area contributed by atoms with E-state index in [1.807, 2.05) is 0 Å². The molecule has 0 bridgehead atoms. The monoisotopic (exact) mass is 435 g/mol. The second-order valence-corrected chi connectivity index (χ2v) is 7.99. The van der Waals surface area contributed by atoms with Crippen LogP contribution in [-0.4, -0.2) is 49.3 Å². The summed E-state index contributed by atoms with van der Waals surface area (Å²) in [5.41, 5.74) is 6.67. The Morgan fingerprint density at radius 1 is 1.13 bits per heavy atom. The van der Waals surface area contributed by atoms with E-state index >= 15 is 0 Å². The number of likely N-dealkylation sites (N-methyl/N-ethyl adjacent to an activating group) is 1. The first-order valence-electron chi connectivity index (χ1n) is 8.52. The Hall–Kier alpha value is -3.48. The SMILES string of the molecule is CN(CC(=O)O)S(=O)(=O)NCc1ccc(OC(=O)c2ccc(NC(=N)N)cc2)cc1. The molecular formula is C18H21N5O6S. The van der Waals surface area contributed by atoms with E-state index < -0.39 is 28.7 Å². The number of nitrogens with one attached hydrogen (secondary N) is 3. The van der Waals surface area contributed by atoms with Gasteiger partial charge in [0.25, 0.3) is 10.2 Å². The third-order valence-corrected chi connectivity index (χ3v) is 5.22. The molecule has 0 fully saturated rings. The second kappa shape index (κ2) is 9.82. The van der Waals surface area contributed by atoms with E-state index in [2.05, 4.69) is 10.0 Å². The molecule has 0 saturated carbocycles. The zero-order valence-corrected chi connectivity index (χ0v) is 16.8. The highest BCUT2D eigenvalue weighted by Crippen LogP contribution is 2.16. The summed E-state index contributed by atoms with van der Waals surface area (Å²) in [6.07, 6.45) is 0. The van der Waals surface area contributed by atoms with Gasteiger partial charge >= 0.3 is 11.9 Å². The summed E-state index contributed by atoms with van der Waals surface area (Å²) >= 11 is 0. The van der Waals surface area contributed by atoms with Crippen LogP contribution in [0.25, 0.3) is 0 Å². The maximum absolute atomic E-state index is 12.2. The van der Waals surface area contributed by atoms with Crippen molar-refractivity contribution >= 4 is 33.8 Å². The molecule has 0 saturated heterocycles. The summed E-state index contributed by atoms with van der Waals surface area (Å²) in [5.74, 6) is -1.81. The number of rotatable bonds is 9. The predicted octanol–water partition coefficient (Wildman–Crippen LogP) is 0.562. The first-order valence-corrected chi connectivity index (χ1v) is 9.96. The zero-order valence-electron chi connectivity index (χ0n) is 16.0. The molecule has 6 N–H and O–H groups in total. The van der Waals surface area contributed by atoms with Crippen molar-refractivity contribution in [2.75, 3.05) is 18.9 Å². The lowest BCUT2D eigenvalue weighted by atomic mass is 10.2. The van der Waals surface area contributed by atoms with Gasteiger partial charge in [0.1, 0.15) is 12.3 Å². The van der Waals surface area contributed by atoms with Crippen molar-refractivity contribution in [3.8, 4) is 5.75 Å². The van der Waals surface area contributed by atoms with Gasteiger partial charge in [0.05, 0.1) is 5.56 Å². The topological polar surface area (TPSA) is 175 Å². The number of carboxylic acids is 1. The number of anilines is 1. The quantitative estimate of drug-likeness (QED) is 0.164. The zero-order chi connectivity index (χ0) is 22.3. The molecule has 160 valence electrons. The number of carbonyl (C=O) groups is 2. The lowest BCUT2D eigenvalue weighted by Crippen LogP contribution is -2.40. The highest BCUT2D eigenvalue weighted by molar-refractivity contribution is 7.87. The van der Waals surface area contributed by atoms with E-state index in [1.54, 1.807) is 24.3 Å². The molecule has 0 aliphatic heterocycles. The minimum absolute atomic E-state index is 0.0644. The Kier molecular flexibility index (Phi) is 7.47. The summed E-state index contributed by atoms with van der Waals surface area (Å²) in [6.45, 7) is -0.721. The lowest BCUT2D eigenvalue weighted by molar-refractivity contribution is -0.137. The number of carbonyl (C=O) groups excluding carboxylic acids is 1. The van der Waals surface area contributed by atoms with Crippen molar-refractivity contribution in [1.29, 1.82) is 5.41 Å². The molecule has 2 rings (SSSR count). The summed E-state index contributed by atoms with van der Waals surface area (Å²) in [6, 6.07) is 12.4. The Balaban J connectivity index is 1.93. The number of hydrogen-bond donors (Lipinski definition) is 5. The fourth-order valence-electron chi connectivity index (χ4n) is 2.25. The molecule has 0 unspecified atom stereocenters. The van der Waals surface area contributed by atoms with Crippen molar-refractivity contribution in [1.82, 2.24) is 9.03 Å². The number of hydrogen-bond acceptors (Lipinski definition) is 6. The molecule has 0 radical (unpaired) electrons. The van der Waals surface area contributed by atoms with E-state index in [9.17, 15) is 18.0 Å². The number of aliphatic carboxylic acids is 1. The van der Waals surface area contributed by atoms with Crippen LogP contribution in [0.5, 0.6) is 5.75 Å². The second-order valence-electron chi connectivity index (χ2n) is 6.13. The van der Waals surface area contributed by atoms with Crippen LogP contribution in [0.15, 0.2) is 48.5 Å². The van der Waals surface area contributed by atoms with E-state index in [4.69, 9.17) is 21.0 Å². The van der Waals surface area contributed by atoms with E-state index in [0.717, 1.165) is 7.05 Å². The first-order chi connectivity index (χ1) is 14.1. The summed E-state index contributed by atoms with van der Waals surface area (Å²) in [5, 5.41) is 18.4. The van der Waals surface area contributed by atoms with Gasteiger partial charge in [-0.2, -0.15) is 17.4 Å². The lowest BCUT2D eigenvalue weighted by Gasteiger charge is -2.15. The van der Waals surface area contributed by atoms with Crippen LogP contribution in [0.4, 0.5) is 5.69 Å². The van der Waals surface area contributed by atoms with Crippen molar-refractivity contribution < 1.29 is 27.9 Å². The smallest absolute Gasteiger partial charge is 0.343 e. The number of guanidine groups is 1. The van der Waals surface area contributed by atoms with E-state index in [-0.39, 0.29) is 18.3 Å². The molecule has 0 spiro atoms. The molecule has 0 aromatic heterocycles. The van der Waals surface area contributed by atoms with Crippen LogP contribution in [0, 0.1) is 5.41 Å². The third kappa shape index (κ3) is 6.84. The predicted molar refractivity (Wildman–Crippen MR) is 109 cm³/mol. The largest absolute Gasteiger partial charge is 0.480 e. The molecule has 0 atom stereocenters. The van der Waals surface area contributed by atoms with E-state index in [0.29, 0.717) is 21.1 Å². The maximum Gasteiger partial charge on any atom is 0.343 e. The minimum atomic E-state index is -3.94. The fraction of sp³-hybridized carbons (Fsp3) is 0.167. The van der Waals surface area contributed by atoms with Gasteiger partial charge in [0.15, 0.2) is 5.96 Å². The number of esters is 1. The molecule has 2 aromatic rings. The molecule has 0 heterocycles. The van der Waals surface area contributed by atoms with Gasteiger partial charge in [-0.1, -0.05) is 12.1 Å². The number of nitrogens with zero attached hydrogens (tertiary/aromatic N) is 1. The van der Waals surface area contributed by atoms with Gasteiger partial charge in [-0.25, -0.2) is 4.79 Å².